The van der Waals surface area contributed by atoms with E-state index in [1.54, 1.807) is 16.8 Å². The van der Waals surface area contributed by atoms with Crippen molar-refractivity contribution in [3.63, 3.8) is 0 Å². The van der Waals surface area contributed by atoms with Gasteiger partial charge in [-0.05, 0) is 38.0 Å². The van der Waals surface area contributed by atoms with Gasteiger partial charge in [-0.3, -0.25) is 9.48 Å². The highest BCUT2D eigenvalue weighted by molar-refractivity contribution is 5.92. The minimum absolute atomic E-state index is 0.0513. The number of aromatic nitrogens is 2. The van der Waals surface area contributed by atoms with Crippen LogP contribution in [0.15, 0.2) is 24.3 Å². The largest absolute Gasteiger partial charge is 0.433 e. The van der Waals surface area contributed by atoms with Crippen LogP contribution in [0.1, 0.15) is 23.4 Å². The van der Waals surface area contributed by atoms with Gasteiger partial charge in [-0.1, -0.05) is 12.1 Å². The van der Waals surface area contributed by atoms with E-state index in [4.69, 9.17) is 0 Å². The predicted octanol–water partition coefficient (Wildman–Crippen LogP) is 3.21. The minimum Gasteiger partial charge on any atom is -0.433 e. The second kappa shape index (κ2) is 7.21. The van der Waals surface area contributed by atoms with Crippen LogP contribution in [0, 0.1) is 13.8 Å². The van der Waals surface area contributed by atoms with E-state index in [9.17, 15) is 13.6 Å². The van der Waals surface area contributed by atoms with E-state index in [1.165, 1.54) is 12.1 Å². The number of carbonyl (C=O) groups excluding carboxylic acids is 1. The topological polar surface area (TPSA) is 56.2 Å². The van der Waals surface area contributed by atoms with Crippen LogP contribution in [-0.2, 0) is 18.3 Å². The first-order chi connectivity index (χ1) is 10.9. The summed E-state index contributed by atoms with van der Waals surface area (Å²) in [5, 5.41) is 6.91. The summed E-state index contributed by atoms with van der Waals surface area (Å²) in [5.41, 5.74) is 3.16. The monoisotopic (exact) mass is 323 g/mol. The van der Waals surface area contributed by atoms with E-state index >= 15 is 0 Å². The van der Waals surface area contributed by atoms with Crippen molar-refractivity contribution in [3.05, 3.63) is 41.2 Å². The molecule has 0 radical (unpaired) electrons. The summed E-state index contributed by atoms with van der Waals surface area (Å²) in [7, 11) is 1.85. The van der Waals surface area contributed by atoms with Gasteiger partial charge in [0.2, 0.25) is 5.91 Å². The van der Waals surface area contributed by atoms with Gasteiger partial charge in [-0.25, -0.2) is 0 Å². The van der Waals surface area contributed by atoms with Gasteiger partial charge in [-0.15, -0.1) is 0 Å². The van der Waals surface area contributed by atoms with Crippen LogP contribution in [0.25, 0.3) is 0 Å². The summed E-state index contributed by atoms with van der Waals surface area (Å²) >= 11 is 0. The van der Waals surface area contributed by atoms with E-state index < -0.39 is 6.61 Å². The zero-order valence-electron chi connectivity index (χ0n) is 13.3. The molecular formula is C16H19F2N3O2. The molecular weight excluding hydrogens is 304 g/mol. The lowest BCUT2D eigenvalue weighted by Crippen LogP contribution is -2.14. The molecule has 1 heterocycles. The molecule has 7 heteroatoms. The van der Waals surface area contributed by atoms with Crippen molar-refractivity contribution in [2.75, 3.05) is 5.32 Å². The minimum atomic E-state index is -2.94. The molecule has 0 bridgehead atoms. The second-order valence-corrected chi connectivity index (χ2v) is 5.20. The van der Waals surface area contributed by atoms with Gasteiger partial charge in [0.05, 0.1) is 11.4 Å². The van der Waals surface area contributed by atoms with Crippen LogP contribution in [0.3, 0.4) is 0 Å². The second-order valence-electron chi connectivity index (χ2n) is 5.20. The van der Waals surface area contributed by atoms with Crippen molar-refractivity contribution in [2.24, 2.45) is 7.05 Å². The van der Waals surface area contributed by atoms with Crippen LogP contribution in [0.4, 0.5) is 14.5 Å². The Morgan fingerprint density at radius 2 is 2.04 bits per heavy atom. The molecule has 0 spiro atoms. The van der Waals surface area contributed by atoms with Gasteiger partial charge in [0.1, 0.15) is 5.75 Å². The summed E-state index contributed by atoms with van der Waals surface area (Å²) in [5.74, 6) is -0.317. The Balaban J connectivity index is 2.00. The molecule has 1 N–H and O–H groups in total. The Hall–Kier alpha value is -2.44. The number of amides is 1. The highest BCUT2D eigenvalue weighted by atomic mass is 19.3. The van der Waals surface area contributed by atoms with Crippen LogP contribution in [0.5, 0.6) is 5.75 Å². The maximum atomic E-state index is 12.4. The molecule has 0 fully saturated rings. The molecule has 0 atom stereocenters. The SMILES string of the molecule is Cc1nn(C)c(C)c1CCC(=O)Nc1ccccc1OC(F)F. The zero-order valence-corrected chi connectivity index (χ0v) is 13.3. The molecule has 2 aromatic rings. The number of hydrogen-bond acceptors (Lipinski definition) is 3. The maximum Gasteiger partial charge on any atom is 0.387 e. The number of rotatable bonds is 6. The number of benzene rings is 1. The molecule has 1 aromatic heterocycles. The Morgan fingerprint density at radius 3 is 2.65 bits per heavy atom. The standard InChI is InChI=1S/C16H19F2N3O2/c1-10-12(11(2)21(3)20-10)8-9-15(22)19-13-6-4-5-7-14(13)23-16(17)18/h4-7,16H,8-9H2,1-3H3,(H,19,22). The van der Waals surface area contributed by atoms with Crippen LogP contribution in [-0.4, -0.2) is 22.3 Å². The van der Waals surface area contributed by atoms with Crippen molar-refractivity contribution in [3.8, 4) is 5.75 Å². The Labute approximate surface area is 133 Å². The number of anilines is 1. The first kappa shape index (κ1) is 16.9. The molecule has 124 valence electrons. The number of ether oxygens (including phenoxy) is 1. The molecule has 0 saturated carbocycles. The number of aryl methyl sites for hydroxylation is 2. The lowest BCUT2D eigenvalue weighted by Gasteiger charge is -2.11. The number of halogens is 2. The van der Waals surface area contributed by atoms with E-state index in [-0.39, 0.29) is 23.8 Å². The highest BCUT2D eigenvalue weighted by Crippen LogP contribution is 2.25. The molecule has 0 aliphatic heterocycles. The summed E-state index contributed by atoms with van der Waals surface area (Å²) in [6.45, 7) is 0.902. The third kappa shape index (κ3) is 4.28. The first-order valence-corrected chi connectivity index (χ1v) is 7.21. The van der Waals surface area contributed by atoms with Crippen LogP contribution in [0.2, 0.25) is 0 Å². The van der Waals surface area contributed by atoms with Crippen molar-refractivity contribution < 1.29 is 18.3 Å². The summed E-state index contributed by atoms with van der Waals surface area (Å²) in [4.78, 5) is 12.1. The van der Waals surface area contributed by atoms with Gasteiger partial charge in [0, 0.05) is 19.2 Å². The Kier molecular flexibility index (Phi) is 5.31. The van der Waals surface area contributed by atoms with Crippen LogP contribution >= 0.6 is 0 Å². The van der Waals surface area contributed by atoms with E-state index in [0.29, 0.717) is 6.42 Å². The fraction of sp³-hybridized carbons (Fsp3) is 0.375. The van der Waals surface area contributed by atoms with Gasteiger partial charge < -0.3 is 10.1 Å². The summed E-state index contributed by atoms with van der Waals surface area (Å²) in [6.07, 6.45) is 0.769. The number of para-hydroxylation sites is 2. The van der Waals surface area contributed by atoms with Crippen molar-refractivity contribution in [1.29, 1.82) is 0 Å². The van der Waals surface area contributed by atoms with Gasteiger partial charge in [-0.2, -0.15) is 13.9 Å². The van der Waals surface area contributed by atoms with Crippen molar-refractivity contribution in [2.45, 2.75) is 33.3 Å². The van der Waals surface area contributed by atoms with Gasteiger partial charge in [0.25, 0.3) is 0 Å². The third-order valence-corrected chi connectivity index (χ3v) is 3.64. The fourth-order valence-electron chi connectivity index (χ4n) is 2.40. The number of nitrogens with zero attached hydrogens (tertiary/aromatic N) is 2. The van der Waals surface area contributed by atoms with E-state index in [2.05, 4.69) is 15.2 Å². The molecule has 1 aromatic carbocycles. The van der Waals surface area contributed by atoms with Gasteiger partial charge in [0.15, 0.2) is 0 Å². The van der Waals surface area contributed by atoms with Crippen LogP contribution < -0.4 is 10.1 Å². The lowest BCUT2D eigenvalue weighted by atomic mass is 10.1. The molecule has 23 heavy (non-hydrogen) atoms. The molecule has 0 aliphatic carbocycles. The molecule has 5 nitrogen and oxygen atoms in total. The normalized spacial score (nSPS) is 10.9. The van der Waals surface area contributed by atoms with Crippen molar-refractivity contribution >= 4 is 11.6 Å². The zero-order chi connectivity index (χ0) is 17.0. The van der Waals surface area contributed by atoms with Crippen molar-refractivity contribution in [1.82, 2.24) is 9.78 Å². The number of nitrogens with one attached hydrogen (secondary N) is 1. The molecule has 1 amide bonds. The fourth-order valence-corrected chi connectivity index (χ4v) is 2.40. The molecule has 0 aliphatic rings. The van der Waals surface area contributed by atoms with E-state index in [0.717, 1.165) is 17.0 Å². The van der Waals surface area contributed by atoms with E-state index in [1.807, 2.05) is 20.9 Å². The molecule has 0 unspecified atom stereocenters. The smallest absolute Gasteiger partial charge is 0.387 e. The molecule has 2 rings (SSSR count). The number of hydrogen-bond donors (Lipinski definition) is 1. The summed E-state index contributed by atoms with van der Waals surface area (Å²) in [6, 6.07) is 6.12. The van der Waals surface area contributed by atoms with Gasteiger partial charge >= 0.3 is 6.61 Å². The lowest BCUT2D eigenvalue weighted by molar-refractivity contribution is -0.116. The summed E-state index contributed by atoms with van der Waals surface area (Å²) < 4.78 is 30.9. The maximum absolute atomic E-state index is 12.4. The highest BCUT2D eigenvalue weighted by Gasteiger charge is 2.14. The number of alkyl halides is 2. The predicted molar refractivity (Wildman–Crippen MR) is 82.7 cm³/mol. The Morgan fingerprint density at radius 1 is 1.35 bits per heavy atom. The third-order valence-electron chi connectivity index (χ3n) is 3.64. The average molecular weight is 323 g/mol. The first-order valence-electron chi connectivity index (χ1n) is 7.21. The average Bonchev–Trinajstić information content (AvgIpc) is 2.72. The molecule has 0 saturated heterocycles. The number of carbonyl (C=O) groups is 1. The Bertz CT molecular complexity index is 699. The quantitative estimate of drug-likeness (QED) is 0.888.